The summed E-state index contributed by atoms with van der Waals surface area (Å²) in [4.78, 5) is 24.2. The second-order valence-corrected chi connectivity index (χ2v) is 8.42. The second kappa shape index (κ2) is 8.19. The van der Waals surface area contributed by atoms with Gasteiger partial charge >= 0.3 is 12.1 Å². The van der Waals surface area contributed by atoms with Crippen LogP contribution in [0.5, 0.6) is 0 Å². The average Bonchev–Trinajstić information content (AvgIpc) is 2.40. The van der Waals surface area contributed by atoms with Crippen molar-refractivity contribution in [3.8, 4) is 0 Å². The summed E-state index contributed by atoms with van der Waals surface area (Å²) < 4.78 is 10.2. The van der Waals surface area contributed by atoms with Crippen LogP contribution < -0.4 is 10.6 Å². The molecule has 1 aliphatic heterocycles. The Morgan fingerprint density at radius 2 is 1.96 bits per heavy atom. The van der Waals surface area contributed by atoms with E-state index in [4.69, 9.17) is 9.47 Å². The molecule has 1 rings (SSSR count). The molecule has 1 aliphatic rings. The van der Waals surface area contributed by atoms with Gasteiger partial charge < -0.3 is 20.1 Å². The van der Waals surface area contributed by atoms with Crippen molar-refractivity contribution in [3.63, 3.8) is 0 Å². The third-order valence-electron chi connectivity index (χ3n) is 4.34. The van der Waals surface area contributed by atoms with Gasteiger partial charge in [-0.3, -0.25) is 4.79 Å². The highest BCUT2D eigenvalue weighted by Crippen LogP contribution is 2.26. The van der Waals surface area contributed by atoms with E-state index in [9.17, 15) is 9.59 Å². The molecule has 1 saturated heterocycles. The van der Waals surface area contributed by atoms with E-state index < -0.39 is 17.6 Å². The molecule has 3 unspecified atom stereocenters. The molecule has 24 heavy (non-hydrogen) atoms. The zero-order valence-electron chi connectivity index (χ0n) is 16.2. The summed E-state index contributed by atoms with van der Waals surface area (Å²) >= 11 is 0. The zero-order valence-corrected chi connectivity index (χ0v) is 16.2. The summed E-state index contributed by atoms with van der Waals surface area (Å²) in [6.45, 7) is 11.6. The smallest absolute Gasteiger partial charge is 0.407 e. The first-order valence-electron chi connectivity index (χ1n) is 8.78. The molecule has 6 heteroatoms. The molecule has 0 saturated carbocycles. The van der Waals surface area contributed by atoms with Gasteiger partial charge in [-0.25, -0.2) is 4.79 Å². The maximum Gasteiger partial charge on any atom is 0.407 e. The molecule has 140 valence electrons. The summed E-state index contributed by atoms with van der Waals surface area (Å²) in [7, 11) is 1.38. The van der Waals surface area contributed by atoms with Crippen LogP contribution in [-0.2, 0) is 14.3 Å². The molecule has 0 radical (unpaired) electrons. The first-order valence-corrected chi connectivity index (χ1v) is 8.78. The summed E-state index contributed by atoms with van der Waals surface area (Å²) in [5, 5.41) is 6.37. The highest BCUT2D eigenvalue weighted by molar-refractivity contribution is 5.75. The van der Waals surface area contributed by atoms with Crippen LogP contribution in [0, 0.1) is 5.92 Å². The summed E-state index contributed by atoms with van der Waals surface area (Å²) in [6, 6.07) is -0.125. The standard InChI is InChI=1S/C18H34N2O4/c1-12(19-16(22)24-17(2,3)4)14(15(21)23-7)11-13-9-8-10-18(5,6)20-13/h12-14,20H,8-11H2,1-7H3,(H,19,22). The molecule has 0 aromatic heterocycles. The number of carbonyl (C=O) groups excluding carboxylic acids is 2. The van der Waals surface area contributed by atoms with Gasteiger partial charge in [0.15, 0.2) is 0 Å². The molecule has 0 bridgehead atoms. The van der Waals surface area contributed by atoms with Crippen LogP contribution in [0.15, 0.2) is 0 Å². The minimum Gasteiger partial charge on any atom is -0.469 e. The third kappa shape index (κ3) is 7.07. The number of ether oxygens (including phenoxy) is 2. The average molecular weight is 342 g/mol. The van der Waals surface area contributed by atoms with Gasteiger partial charge in [0.2, 0.25) is 0 Å². The molecule has 0 aliphatic carbocycles. The number of rotatable bonds is 5. The van der Waals surface area contributed by atoms with Crippen molar-refractivity contribution in [3.05, 3.63) is 0 Å². The Kier molecular flexibility index (Phi) is 7.08. The number of carbonyl (C=O) groups is 2. The van der Waals surface area contributed by atoms with E-state index in [0.29, 0.717) is 6.42 Å². The molecule has 0 aromatic carbocycles. The van der Waals surface area contributed by atoms with Crippen molar-refractivity contribution in [2.24, 2.45) is 5.92 Å². The van der Waals surface area contributed by atoms with Gasteiger partial charge in [0.05, 0.1) is 13.0 Å². The monoisotopic (exact) mass is 342 g/mol. The van der Waals surface area contributed by atoms with E-state index in [1.54, 1.807) is 0 Å². The predicted molar refractivity (Wildman–Crippen MR) is 93.8 cm³/mol. The van der Waals surface area contributed by atoms with Crippen LogP contribution in [-0.4, -0.2) is 42.4 Å². The number of esters is 1. The van der Waals surface area contributed by atoms with Crippen molar-refractivity contribution in [2.75, 3.05) is 7.11 Å². The van der Waals surface area contributed by atoms with E-state index in [-0.39, 0.29) is 23.6 Å². The van der Waals surface area contributed by atoms with Gasteiger partial charge in [-0.2, -0.15) is 0 Å². The van der Waals surface area contributed by atoms with E-state index in [2.05, 4.69) is 24.5 Å². The molecule has 1 fully saturated rings. The Morgan fingerprint density at radius 1 is 1.33 bits per heavy atom. The number of alkyl carbamates (subject to hydrolysis) is 1. The summed E-state index contributed by atoms with van der Waals surface area (Å²) in [5.41, 5.74) is -0.495. The number of methoxy groups -OCH3 is 1. The number of piperidine rings is 1. The maximum atomic E-state index is 12.2. The van der Waals surface area contributed by atoms with Crippen LogP contribution in [0.1, 0.15) is 67.2 Å². The highest BCUT2D eigenvalue weighted by Gasteiger charge is 2.34. The first-order chi connectivity index (χ1) is 10.9. The largest absolute Gasteiger partial charge is 0.469 e. The first kappa shape index (κ1) is 20.7. The second-order valence-electron chi connectivity index (χ2n) is 8.42. The van der Waals surface area contributed by atoms with E-state index in [1.165, 1.54) is 7.11 Å². The van der Waals surface area contributed by atoms with Crippen LogP contribution in [0.3, 0.4) is 0 Å². The van der Waals surface area contributed by atoms with Gasteiger partial charge in [0, 0.05) is 17.6 Å². The Labute approximate surface area is 146 Å². The lowest BCUT2D eigenvalue weighted by Crippen LogP contribution is -2.52. The lowest BCUT2D eigenvalue weighted by Gasteiger charge is -2.39. The van der Waals surface area contributed by atoms with E-state index in [1.807, 2.05) is 27.7 Å². The Morgan fingerprint density at radius 3 is 2.46 bits per heavy atom. The van der Waals surface area contributed by atoms with Crippen LogP contribution >= 0.6 is 0 Å². The molecule has 0 spiro atoms. The lowest BCUT2D eigenvalue weighted by atomic mass is 9.84. The zero-order chi connectivity index (χ0) is 18.5. The van der Waals surface area contributed by atoms with Crippen molar-refractivity contribution < 1.29 is 19.1 Å². The van der Waals surface area contributed by atoms with Crippen molar-refractivity contribution in [2.45, 2.75) is 90.4 Å². The minimum atomic E-state index is -0.570. The molecule has 0 aromatic rings. The number of hydrogen-bond donors (Lipinski definition) is 2. The van der Waals surface area contributed by atoms with Crippen molar-refractivity contribution >= 4 is 12.1 Å². The molecule has 3 atom stereocenters. The maximum absolute atomic E-state index is 12.2. The summed E-state index contributed by atoms with van der Waals surface area (Å²) in [6.07, 6.45) is 3.40. The van der Waals surface area contributed by atoms with Gasteiger partial charge in [-0.1, -0.05) is 6.42 Å². The SMILES string of the molecule is COC(=O)C(CC1CCCC(C)(C)N1)C(C)NC(=O)OC(C)(C)C. The van der Waals surface area contributed by atoms with Gasteiger partial charge in [0.25, 0.3) is 0 Å². The topological polar surface area (TPSA) is 76.7 Å². The van der Waals surface area contributed by atoms with Crippen molar-refractivity contribution in [1.29, 1.82) is 0 Å². The quantitative estimate of drug-likeness (QED) is 0.751. The van der Waals surface area contributed by atoms with E-state index >= 15 is 0 Å². The highest BCUT2D eigenvalue weighted by atomic mass is 16.6. The van der Waals surface area contributed by atoms with Gasteiger partial charge in [-0.05, 0) is 60.8 Å². The number of hydrogen-bond acceptors (Lipinski definition) is 5. The molecular formula is C18H34N2O4. The molecule has 1 heterocycles. The minimum absolute atomic E-state index is 0.0748. The fourth-order valence-corrected chi connectivity index (χ4v) is 3.22. The Bertz CT molecular complexity index is 443. The van der Waals surface area contributed by atoms with Crippen LogP contribution in [0.25, 0.3) is 0 Å². The molecular weight excluding hydrogens is 308 g/mol. The van der Waals surface area contributed by atoms with Gasteiger partial charge in [0.1, 0.15) is 5.60 Å². The lowest BCUT2D eigenvalue weighted by molar-refractivity contribution is -0.146. The van der Waals surface area contributed by atoms with Gasteiger partial charge in [-0.15, -0.1) is 0 Å². The Hall–Kier alpha value is -1.30. The van der Waals surface area contributed by atoms with E-state index in [0.717, 1.165) is 19.3 Å². The van der Waals surface area contributed by atoms with Crippen LogP contribution in [0.4, 0.5) is 4.79 Å². The van der Waals surface area contributed by atoms with Crippen LogP contribution in [0.2, 0.25) is 0 Å². The fraction of sp³-hybridized carbons (Fsp3) is 0.889. The summed E-state index contributed by atoms with van der Waals surface area (Å²) in [5.74, 6) is -0.711. The molecule has 2 N–H and O–H groups in total. The fourth-order valence-electron chi connectivity index (χ4n) is 3.22. The predicted octanol–water partition coefficient (Wildman–Crippen LogP) is 3.00. The normalized spacial score (nSPS) is 23.0. The molecule has 1 amide bonds. The number of nitrogens with one attached hydrogen (secondary N) is 2. The number of amides is 1. The van der Waals surface area contributed by atoms with Crippen molar-refractivity contribution in [1.82, 2.24) is 10.6 Å². The Balaban J connectivity index is 2.70. The third-order valence-corrected chi connectivity index (χ3v) is 4.34. The molecule has 6 nitrogen and oxygen atoms in total.